The van der Waals surface area contributed by atoms with Crippen LogP contribution in [0.5, 0.6) is 0 Å². The first-order valence-electron chi connectivity index (χ1n) is 7.39. The van der Waals surface area contributed by atoms with Crippen molar-refractivity contribution in [2.75, 3.05) is 6.61 Å². The average molecular weight is 358 g/mol. The molecule has 2 rings (SSSR count). The van der Waals surface area contributed by atoms with E-state index in [9.17, 15) is 9.18 Å². The molecule has 1 aromatic carbocycles. The van der Waals surface area contributed by atoms with Gasteiger partial charge < -0.3 is 10.1 Å². The van der Waals surface area contributed by atoms with Gasteiger partial charge in [-0.05, 0) is 43.9 Å². The molecule has 5 heteroatoms. The van der Waals surface area contributed by atoms with Gasteiger partial charge in [0, 0.05) is 17.1 Å². The lowest BCUT2D eigenvalue weighted by Crippen LogP contribution is -2.48. The van der Waals surface area contributed by atoms with Crippen molar-refractivity contribution in [3.05, 3.63) is 34.1 Å². The summed E-state index contributed by atoms with van der Waals surface area (Å²) in [6, 6.07) is 4.42. The second kappa shape index (κ2) is 6.88. The second-order valence-electron chi connectivity index (χ2n) is 5.53. The maximum Gasteiger partial charge on any atom is 0.254 e. The molecule has 3 nitrogen and oxygen atoms in total. The predicted octanol–water partition coefficient (Wildman–Crippen LogP) is 4.06. The standard InChI is InChI=1S/C16H21BrFNO2/c1-3-16(4-2)10-12(7-8-21-16)19-15(20)13-9-11(17)5-6-14(13)18/h5-6,9,12H,3-4,7-8,10H2,1-2H3,(H,19,20). The van der Waals surface area contributed by atoms with Gasteiger partial charge in [0.25, 0.3) is 5.91 Å². The van der Waals surface area contributed by atoms with E-state index in [0.29, 0.717) is 11.1 Å². The highest BCUT2D eigenvalue weighted by molar-refractivity contribution is 9.10. The van der Waals surface area contributed by atoms with E-state index in [1.807, 2.05) is 0 Å². The number of hydrogen-bond acceptors (Lipinski definition) is 2. The minimum absolute atomic E-state index is 0.0320. The first kappa shape index (κ1) is 16.4. The van der Waals surface area contributed by atoms with Crippen LogP contribution in [-0.4, -0.2) is 24.2 Å². The van der Waals surface area contributed by atoms with E-state index in [4.69, 9.17) is 4.74 Å². The molecule has 0 radical (unpaired) electrons. The minimum Gasteiger partial charge on any atom is -0.375 e. The lowest BCUT2D eigenvalue weighted by atomic mass is 9.86. The van der Waals surface area contributed by atoms with Crippen LogP contribution in [0.2, 0.25) is 0 Å². The molecule has 21 heavy (non-hydrogen) atoms. The van der Waals surface area contributed by atoms with E-state index in [1.165, 1.54) is 12.1 Å². The minimum atomic E-state index is -0.500. The van der Waals surface area contributed by atoms with Crippen LogP contribution in [0.4, 0.5) is 4.39 Å². The van der Waals surface area contributed by atoms with Crippen molar-refractivity contribution in [2.45, 2.75) is 51.2 Å². The highest BCUT2D eigenvalue weighted by atomic mass is 79.9. The quantitative estimate of drug-likeness (QED) is 0.882. The highest BCUT2D eigenvalue weighted by Gasteiger charge is 2.35. The van der Waals surface area contributed by atoms with Gasteiger partial charge in [-0.1, -0.05) is 29.8 Å². The van der Waals surface area contributed by atoms with E-state index in [1.54, 1.807) is 6.07 Å². The number of rotatable bonds is 4. The normalized spacial score (nSPS) is 21.0. The summed E-state index contributed by atoms with van der Waals surface area (Å²) in [4.78, 5) is 12.3. The summed E-state index contributed by atoms with van der Waals surface area (Å²) >= 11 is 3.26. The van der Waals surface area contributed by atoms with Crippen LogP contribution in [0.1, 0.15) is 49.9 Å². The Morgan fingerprint density at radius 3 is 2.86 bits per heavy atom. The molecule has 116 valence electrons. The third-order valence-electron chi connectivity index (χ3n) is 4.29. The van der Waals surface area contributed by atoms with Crippen molar-refractivity contribution in [2.24, 2.45) is 0 Å². The maximum atomic E-state index is 13.8. The summed E-state index contributed by atoms with van der Waals surface area (Å²) in [6.45, 7) is 4.83. The molecule has 1 atom stereocenters. The average Bonchev–Trinajstić information content (AvgIpc) is 2.49. The van der Waals surface area contributed by atoms with E-state index >= 15 is 0 Å². The van der Waals surface area contributed by atoms with E-state index < -0.39 is 5.82 Å². The van der Waals surface area contributed by atoms with Crippen LogP contribution in [0.15, 0.2) is 22.7 Å². The van der Waals surface area contributed by atoms with E-state index in [2.05, 4.69) is 35.1 Å². The Hall–Kier alpha value is -0.940. The zero-order valence-corrected chi connectivity index (χ0v) is 14.0. The topological polar surface area (TPSA) is 38.3 Å². The number of carbonyl (C=O) groups excluding carboxylic acids is 1. The first-order valence-corrected chi connectivity index (χ1v) is 8.19. The molecule has 1 fully saturated rings. The van der Waals surface area contributed by atoms with Gasteiger partial charge >= 0.3 is 0 Å². The molecule has 0 bridgehead atoms. The van der Waals surface area contributed by atoms with Gasteiger partial charge in [-0.15, -0.1) is 0 Å². The lowest BCUT2D eigenvalue weighted by molar-refractivity contribution is -0.0917. The molecule has 1 N–H and O–H groups in total. The lowest BCUT2D eigenvalue weighted by Gasteiger charge is -2.40. The van der Waals surface area contributed by atoms with E-state index in [-0.39, 0.29) is 23.1 Å². The molecule has 0 aliphatic carbocycles. The van der Waals surface area contributed by atoms with Gasteiger partial charge in [0.05, 0.1) is 11.2 Å². The molecule has 0 spiro atoms. The van der Waals surface area contributed by atoms with Crippen molar-refractivity contribution >= 4 is 21.8 Å². The number of ether oxygens (including phenoxy) is 1. The summed E-state index contributed by atoms with van der Waals surface area (Å²) in [5.41, 5.74) is -0.0825. The number of benzene rings is 1. The highest BCUT2D eigenvalue weighted by Crippen LogP contribution is 2.31. The summed E-state index contributed by atoms with van der Waals surface area (Å²) in [6.07, 6.45) is 3.38. The molecule has 1 aliphatic heterocycles. The predicted molar refractivity (Wildman–Crippen MR) is 83.9 cm³/mol. The molecular formula is C16H21BrFNO2. The third-order valence-corrected chi connectivity index (χ3v) is 4.78. The van der Waals surface area contributed by atoms with Gasteiger partial charge in [0.2, 0.25) is 0 Å². The van der Waals surface area contributed by atoms with Crippen LogP contribution in [0.3, 0.4) is 0 Å². The number of carbonyl (C=O) groups is 1. The molecule has 1 aromatic rings. The molecule has 1 unspecified atom stereocenters. The van der Waals surface area contributed by atoms with Gasteiger partial charge in [-0.3, -0.25) is 4.79 Å². The fourth-order valence-electron chi connectivity index (χ4n) is 2.83. The van der Waals surface area contributed by atoms with Crippen molar-refractivity contribution in [3.63, 3.8) is 0 Å². The number of amides is 1. The van der Waals surface area contributed by atoms with Crippen LogP contribution >= 0.6 is 15.9 Å². The summed E-state index contributed by atoms with van der Waals surface area (Å²) in [7, 11) is 0. The number of hydrogen-bond donors (Lipinski definition) is 1. The van der Waals surface area contributed by atoms with Crippen molar-refractivity contribution in [1.82, 2.24) is 5.32 Å². The molecule has 0 saturated carbocycles. The molecular weight excluding hydrogens is 337 g/mol. The summed E-state index contributed by atoms with van der Waals surface area (Å²) in [5, 5.41) is 2.95. The Morgan fingerprint density at radius 1 is 1.48 bits per heavy atom. The smallest absolute Gasteiger partial charge is 0.254 e. The molecule has 0 aromatic heterocycles. The van der Waals surface area contributed by atoms with Gasteiger partial charge in [0.15, 0.2) is 0 Å². The first-order chi connectivity index (χ1) is 9.99. The van der Waals surface area contributed by atoms with Gasteiger partial charge in [-0.2, -0.15) is 0 Å². The van der Waals surface area contributed by atoms with Crippen molar-refractivity contribution in [3.8, 4) is 0 Å². The number of nitrogens with one attached hydrogen (secondary N) is 1. The Balaban J connectivity index is 2.07. The Morgan fingerprint density at radius 2 is 2.19 bits per heavy atom. The Bertz CT molecular complexity index is 517. The van der Waals surface area contributed by atoms with Gasteiger partial charge in [-0.25, -0.2) is 4.39 Å². The third kappa shape index (κ3) is 3.83. The van der Waals surface area contributed by atoms with Crippen LogP contribution < -0.4 is 5.32 Å². The Labute approximate surface area is 133 Å². The summed E-state index contributed by atoms with van der Waals surface area (Å²) < 4.78 is 20.3. The van der Waals surface area contributed by atoms with Gasteiger partial charge in [0.1, 0.15) is 5.82 Å². The SMILES string of the molecule is CCC1(CC)CC(NC(=O)c2cc(Br)ccc2F)CCO1. The zero-order valence-electron chi connectivity index (χ0n) is 12.4. The fraction of sp³-hybridized carbons (Fsp3) is 0.562. The monoisotopic (exact) mass is 357 g/mol. The zero-order chi connectivity index (χ0) is 15.5. The van der Waals surface area contributed by atoms with Crippen molar-refractivity contribution < 1.29 is 13.9 Å². The molecule has 1 heterocycles. The van der Waals surface area contributed by atoms with Crippen LogP contribution in [0, 0.1) is 5.82 Å². The maximum absolute atomic E-state index is 13.8. The van der Waals surface area contributed by atoms with Crippen LogP contribution in [-0.2, 0) is 4.74 Å². The van der Waals surface area contributed by atoms with E-state index in [0.717, 1.165) is 25.7 Å². The number of halogens is 2. The Kier molecular flexibility index (Phi) is 5.38. The molecule has 1 aliphatic rings. The largest absolute Gasteiger partial charge is 0.375 e. The molecule has 1 saturated heterocycles. The summed E-state index contributed by atoms with van der Waals surface area (Å²) in [5.74, 6) is -0.859. The molecule has 1 amide bonds. The van der Waals surface area contributed by atoms with Crippen molar-refractivity contribution in [1.29, 1.82) is 0 Å². The fourth-order valence-corrected chi connectivity index (χ4v) is 3.19. The van der Waals surface area contributed by atoms with Crippen LogP contribution in [0.25, 0.3) is 0 Å². The second-order valence-corrected chi connectivity index (χ2v) is 6.44.